The molecule has 2 atom stereocenters. The van der Waals surface area contributed by atoms with Gasteiger partial charge in [0.1, 0.15) is 0 Å². The fourth-order valence-electron chi connectivity index (χ4n) is 4.68. The van der Waals surface area contributed by atoms with Crippen molar-refractivity contribution in [3.8, 4) is 0 Å². The summed E-state index contributed by atoms with van der Waals surface area (Å²) in [6.45, 7) is 8.32. The van der Waals surface area contributed by atoms with Gasteiger partial charge >= 0.3 is 18.3 Å². The second-order valence-electron chi connectivity index (χ2n) is 9.72. The maximum absolute atomic E-state index is 13.3. The molecule has 0 aromatic heterocycles. The van der Waals surface area contributed by atoms with Gasteiger partial charge in [0, 0.05) is 30.3 Å². The lowest BCUT2D eigenvalue weighted by atomic mass is 9.95. The van der Waals surface area contributed by atoms with Crippen LogP contribution < -0.4 is 0 Å². The van der Waals surface area contributed by atoms with Gasteiger partial charge in [-0.05, 0) is 42.7 Å². The molecule has 0 aliphatic carbocycles. The predicted octanol–water partition coefficient (Wildman–Crippen LogP) is 7.78. The number of aliphatic imine (C=N–C) groups is 1. The first-order valence-corrected chi connectivity index (χ1v) is 13.4. The highest BCUT2D eigenvalue weighted by atomic mass is 19.4. The molecular weight excluding hydrogens is 570 g/mol. The molecule has 0 amide bonds. The Morgan fingerprint density at radius 2 is 1.28 bits per heavy atom. The predicted molar refractivity (Wildman–Crippen MR) is 155 cm³/mol. The van der Waals surface area contributed by atoms with Gasteiger partial charge in [-0.15, -0.1) is 13.2 Å². The highest BCUT2D eigenvalue weighted by Crippen LogP contribution is 2.31. The number of ether oxygens (including phenoxy) is 1. The monoisotopic (exact) mass is 602 g/mol. The maximum atomic E-state index is 13.3. The first-order chi connectivity index (χ1) is 20.4. The summed E-state index contributed by atoms with van der Waals surface area (Å²) in [5.41, 5.74) is -0.402. The summed E-state index contributed by atoms with van der Waals surface area (Å²) in [6.07, 6.45) is -4.92. The highest BCUT2D eigenvalue weighted by molar-refractivity contribution is 6.13. The van der Waals surface area contributed by atoms with Gasteiger partial charge in [-0.25, -0.2) is 4.79 Å². The van der Waals surface area contributed by atoms with E-state index in [0.717, 1.165) is 29.8 Å². The van der Waals surface area contributed by atoms with E-state index in [1.54, 1.807) is 12.2 Å². The quantitative estimate of drug-likeness (QED) is 0.0869. The van der Waals surface area contributed by atoms with Gasteiger partial charge in [0.15, 0.2) is 6.04 Å². The van der Waals surface area contributed by atoms with Gasteiger partial charge in [0.25, 0.3) is 0 Å². The van der Waals surface area contributed by atoms with Gasteiger partial charge in [-0.3, -0.25) is 9.89 Å². The number of benzene rings is 3. The lowest BCUT2D eigenvalue weighted by molar-refractivity contribution is -0.144. The van der Waals surface area contributed by atoms with Crippen LogP contribution in [0.15, 0.2) is 109 Å². The minimum atomic E-state index is -4.60. The van der Waals surface area contributed by atoms with Gasteiger partial charge in [-0.1, -0.05) is 66.7 Å². The van der Waals surface area contributed by atoms with E-state index in [-0.39, 0.29) is 16.8 Å². The van der Waals surface area contributed by atoms with Crippen molar-refractivity contribution >= 4 is 11.7 Å². The first-order valence-electron chi connectivity index (χ1n) is 13.4. The van der Waals surface area contributed by atoms with Gasteiger partial charge < -0.3 is 4.74 Å². The van der Waals surface area contributed by atoms with Crippen molar-refractivity contribution in [3.63, 3.8) is 0 Å². The normalized spacial score (nSPS) is 13.2. The summed E-state index contributed by atoms with van der Waals surface area (Å²) in [5, 5.41) is 0. The molecular formula is C33H32F6N2O2. The summed E-state index contributed by atoms with van der Waals surface area (Å²) < 4.78 is 85.0. The lowest BCUT2D eigenvalue weighted by Crippen LogP contribution is -2.47. The van der Waals surface area contributed by atoms with Gasteiger partial charge in [0.05, 0.1) is 23.9 Å². The number of esters is 1. The van der Waals surface area contributed by atoms with Crippen molar-refractivity contribution < 1.29 is 35.9 Å². The third-order valence-corrected chi connectivity index (χ3v) is 6.81. The van der Waals surface area contributed by atoms with Crippen molar-refractivity contribution in [3.05, 3.63) is 132 Å². The molecule has 10 heteroatoms. The number of halogens is 6. The van der Waals surface area contributed by atoms with Crippen molar-refractivity contribution in [2.75, 3.05) is 20.2 Å². The Labute approximate surface area is 247 Å². The van der Waals surface area contributed by atoms with Crippen LogP contribution in [0.4, 0.5) is 26.3 Å². The largest absolute Gasteiger partial charge is 0.467 e. The van der Waals surface area contributed by atoms with Crippen LogP contribution in [0.1, 0.15) is 34.2 Å². The molecule has 0 bridgehead atoms. The number of methoxy groups -OCH3 is 1. The van der Waals surface area contributed by atoms with Crippen molar-refractivity contribution in [2.24, 2.45) is 4.99 Å². The number of carbonyl (C=O) groups is 1. The third-order valence-electron chi connectivity index (χ3n) is 6.81. The second-order valence-corrected chi connectivity index (χ2v) is 9.72. The molecule has 0 saturated heterocycles. The van der Waals surface area contributed by atoms with E-state index in [1.807, 2.05) is 35.2 Å². The van der Waals surface area contributed by atoms with Crippen LogP contribution in [0.3, 0.4) is 0 Å². The Hall–Kier alpha value is -4.18. The van der Waals surface area contributed by atoms with E-state index in [0.29, 0.717) is 25.9 Å². The molecule has 43 heavy (non-hydrogen) atoms. The average Bonchev–Trinajstić information content (AvgIpc) is 2.98. The second kappa shape index (κ2) is 14.8. The van der Waals surface area contributed by atoms with Crippen LogP contribution >= 0.6 is 0 Å². The Bertz CT molecular complexity index is 1310. The van der Waals surface area contributed by atoms with Gasteiger partial charge in [0.2, 0.25) is 0 Å². The molecule has 0 unspecified atom stereocenters. The summed E-state index contributed by atoms with van der Waals surface area (Å²) >= 11 is 0. The van der Waals surface area contributed by atoms with Crippen LogP contribution in [-0.2, 0) is 28.3 Å². The van der Waals surface area contributed by atoms with Crippen molar-refractivity contribution in [1.82, 2.24) is 4.90 Å². The first kappa shape index (κ1) is 33.3. The van der Waals surface area contributed by atoms with E-state index >= 15 is 0 Å². The third kappa shape index (κ3) is 9.15. The Kier molecular flexibility index (Phi) is 11.5. The summed E-state index contributed by atoms with van der Waals surface area (Å²) in [5.74, 6) is -0.715. The fraction of sp³-hybridized carbons (Fsp3) is 0.273. The maximum Gasteiger partial charge on any atom is 0.416 e. The van der Waals surface area contributed by atoms with E-state index in [2.05, 4.69) is 13.2 Å². The molecule has 4 nitrogen and oxygen atoms in total. The number of hydrogen-bond donors (Lipinski definition) is 0. The minimum absolute atomic E-state index is 0.0414. The zero-order chi connectivity index (χ0) is 31.6. The molecule has 0 fully saturated rings. The van der Waals surface area contributed by atoms with E-state index in [1.165, 1.54) is 31.4 Å². The van der Waals surface area contributed by atoms with Crippen LogP contribution in [0.25, 0.3) is 0 Å². The van der Waals surface area contributed by atoms with Crippen LogP contribution in [0.5, 0.6) is 0 Å². The molecule has 3 aromatic carbocycles. The lowest BCUT2D eigenvalue weighted by Gasteiger charge is -2.33. The Morgan fingerprint density at radius 1 is 0.814 bits per heavy atom. The minimum Gasteiger partial charge on any atom is -0.467 e. The summed E-state index contributed by atoms with van der Waals surface area (Å²) in [7, 11) is 1.19. The molecule has 0 saturated carbocycles. The van der Waals surface area contributed by atoms with Crippen LogP contribution in [-0.4, -0.2) is 48.9 Å². The number of aryl methyl sites for hydroxylation is 1. The zero-order valence-corrected chi connectivity index (χ0v) is 23.5. The molecule has 0 N–H and O–H groups in total. The van der Waals surface area contributed by atoms with Crippen LogP contribution in [0.2, 0.25) is 0 Å². The van der Waals surface area contributed by atoms with E-state index in [4.69, 9.17) is 9.73 Å². The number of hydrogen-bond acceptors (Lipinski definition) is 4. The van der Waals surface area contributed by atoms with Crippen molar-refractivity contribution in [2.45, 2.75) is 37.3 Å². The number of nitrogens with zero attached hydrogens (tertiary/aromatic N) is 2. The Balaban J connectivity index is 2.21. The molecule has 3 rings (SSSR count). The highest BCUT2D eigenvalue weighted by Gasteiger charge is 2.35. The molecule has 0 radical (unpaired) electrons. The Morgan fingerprint density at radius 3 is 1.67 bits per heavy atom. The fourth-order valence-corrected chi connectivity index (χ4v) is 4.68. The zero-order valence-electron chi connectivity index (χ0n) is 23.5. The van der Waals surface area contributed by atoms with Crippen molar-refractivity contribution in [1.29, 1.82) is 0 Å². The molecule has 228 valence electrons. The number of carbonyl (C=O) groups excluding carboxylic acids is 1. The molecule has 0 aliphatic heterocycles. The van der Waals surface area contributed by atoms with E-state index in [9.17, 15) is 31.1 Å². The topological polar surface area (TPSA) is 41.9 Å². The van der Waals surface area contributed by atoms with E-state index < -0.39 is 41.5 Å². The SMILES string of the molecule is C=CCN(CC=C)[C@H](CCc1ccccc1)[C@H](N=C(c1ccc(C(F)(F)F)cc1)c1ccc(C(F)(F)F)cc1)C(=O)OC. The van der Waals surface area contributed by atoms with Crippen LogP contribution in [0, 0.1) is 0 Å². The molecule has 0 spiro atoms. The standard InChI is InChI=1S/C33H32F6N2O2/c1-4-21-41(22-5-2)28(20-11-23-9-7-6-8-10-23)30(31(42)43-3)40-29(24-12-16-26(17-13-24)32(34,35)36)25-14-18-27(19-15-25)33(37,38)39/h4-10,12-19,28,30H,1-2,11,20-22H2,3H3/t28-,30+/m1/s1. The number of rotatable bonds is 13. The summed E-state index contributed by atoms with van der Waals surface area (Å²) in [4.78, 5) is 20.0. The average molecular weight is 603 g/mol. The molecule has 3 aromatic rings. The summed E-state index contributed by atoms with van der Waals surface area (Å²) in [6, 6.07) is 15.9. The molecule has 0 heterocycles. The molecule has 0 aliphatic rings. The smallest absolute Gasteiger partial charge is 0.416 e. The number of alkyl halides is 6. The van der Waals surface area contributed by atoms with Gasteiger partial charge in [-0.2, -0.15) is 26.3 Å².